The van der Waals surface area contributed by atoms with Crippen molar-refractivity contribution in [2.75, 3.05) is 0 Å². The highest BCUT2D eigenvalue weighted by molar-refractivity contribution is 7.17. The average molecular weight is 243 g/mol. The van der Waals surface area contributed by atoms with Crippen molar-refractivity contribution in [2.24, 2.45) is 0 Å². The molecule has 0 spiro atoms. The highest BCUT2D eigenvalue weighted by Gasteiger charge is 2.06. The molecule has 0 radical (unpaired) electrons. The number of hydrogen-bond acceptors (Lipinski definition) is 2. The van der Waals surface area contributed by atoms with Crippen LogP contribution in [0.4, 0.5) is 0 Å². The fourth-order valence-corrected chi connectivity index (χ4v) is 2.89. The summed E-state index contributed by atoms with van der Waals surface area (Å²) >= 11 is 1.81. The second-order valence-corrected chi connectivity index (χ2v) is 5.06. The van der Waals surface area contributed by atoms with Gasteiger partial charge in [0, 0.05) is 23.7 Å². The summed E-state index contributed by atoms with van der Waals surface area (Å²) in [6.45, 7) is 3.07. The molecule has 2 heteroatoms. The van der Waals surface area contributed by atoms with Gasteiger partial charge in [0.15, 0.2) is 0 Å². The van der Waals surface area contributed by atoms with Crippen LogP contribution in [-0.2, 0) is 6.54 Å². The molecule has 0 aliphatic carbocycles. The van der Waals surface area contributed by atoms with Gasteiger partial charge in [0.1, 0.15) is 0 Å². The second kappa shape index (κ2) is 5.86. The quantitative estimate of drug-likeness (QED) is 0.788. The number of benzene rings is 1. The molecule has 1 N–H and O–H groups in total. The van der Waals surface area contributed by atoms with Crippen molar-refractivity contribution in [2.45, 2.75) is 32.4 Å². The normalized spacial score (nSPS) is 12.5. The molecular weight excluding hydrogens is 226 g/mol. The van der Waals surface area contributed by atoms with E-state index in [1.807, 2.05) is 0 Å². The van der Waals surface area contributed by atoms with E-state index in [4.69, 9.17) is 6.42 Å². The third kappa shape index (κ3) is 2.88. The van der Waals surface area contributed by atoms with Gasteiger partial charge in [-0.1, -0.05) is 25.1 Å². The maximum absolute atomic E-state index is 5.36. The summed E-state index contributed by atoms with van der Waals surface area (Å²) in [5.41, 5.74) is 1.38. The van der Waals surface area contributed by atoms with Crippen LogP contribution in [0.15, 0.2) is 29.6 Å². The Bertz CT molecular complexity index is 521. The molecule has 1 aromatic heterocycles. The largest absolute Gasteiger partial charge is 0.309 e. The van der Waals surface area contributed by atoms with Crippen LogP contribution < -0.4 is 5.32 Å². The van der Waals surface area contributed by atoms with E-state index in [1.165, 1.54) is 15.6 Å². The summed E-state index contributed by atoms with van der Waals surface area (Å²) in [5.74, 6) is 2.73. The Morgan fingerprint density at radius 2 is 2.24 bits per heavy atom. The maximum Gasteiger partial charge on any atom is 0.0346 e. The first-order chi connectivity index (χ1) is 8.35. The molecule has 0 aliphatic heterocycles. The third-order valence-corrected chi connectivity index (χ3v) is 4.01. The number of thiophene rings is 1. The Morgan fingerprint density at radius 1 is 1.41 bits per heavy atom. The first-order valence-corrected chi connectivity index (χ1v) is 6.85. The molecule has 17 heavy (non-hydrogen) atoms. The van der Waals surface area contributed by atoms with E-state index in [-0.39, 0.29) is 0 Å². The van der Waals surface area contributed by atoms with Gasteiger partial charge in [-0.3, -0.25) is 0 Å². The van der Waals surface area contributed by atoms with Crippen molar-refractivity contribution < 1.29 is 0 Å². The van der Waals surface area contributed by atoms with Crippen molar-refractivity contribution in [1.82, 2.24) is 5.32 Å². The third-order valence-electron chi connectivity index (χ3n) is 3.00. The molecule has 2 aromatic rings. The zero-order chi connectivity index (χ0) is 12.1. The van der Waals surface area contributed by atoms with Gasteiger partial charge in [0.2, 0.25) is 0 Å². The molecule has 2 rings (SSSR count). The van der Waals surface area contributed by atoms with Gasteiger partial charge < -0.3 is 5.32 Å². The molecule has 1 atom stereocenters. The molecule has 1 nitrogen and oxygen atoms in total. The van der Waals surface area contributed by atoms with Crippen molar-refractivity contribution in [3.8, 4) is 12.3 Å². The molecule has 0 bridgehead atoms. The Kier molecular flexibility index (Phi) is 4.19. The summed E-state index contributed by atoms with van der Waals surface area (Å²) in [4.78, 5) is 0. The van der Waals surface area contributed by atoms with E-state index in [0.717, 1.165) is 19.4 Å². The minimum Gasteiger partial charge on any atom is -0.309 e. The van der Waals surface area contributed by atoms with Gasteiger partial charge >= 0.3 is 0 Å². The molecule has 0 amide bonds. The minimum atomic E-state index is 0.429. The minimum absolute atomic E-state index is 0.429. The molecule has 1 heterocycles. The van der Waals surface area contributed by atoms with Crippen LogP contribution in [0.1, 0.15) is 25.3 Å². The molecule has 0 saturated heterocycles. The average Bonchev–Trinajstić information content (AvgIpc) is 2.78. The van der Waals surface area contributed by atoms with Crippen molar-refractivity contribution in [3.63, 3.8) is 0 Å². The fourth-order valence-electron chi connectivity index (χ4n) is 1.93. The van der Waals surface area contributed by atoms with Gasteiger partial charge in [0.25, 0.3) is 0 Å². The highest BCUT2D eigenvalue weighted by atomic mass is 32.1. The Balaban J connectivity index is 2.06. The van der Waals surface area contributed by atoms with Gasteiger partial charge in [-0.15, -0.1) is 23.7 Å². The Hall–Kier alpha value is -1.30. The number of terminal acetylenes is 1. The van der Waals surface area contributed by atoms with E-state index in [0.29, 0.717) is 6.04 Å². The van der Waals surface area contributed by atoms with Crippen LogP contribution in [0.2, 0.25) is 0 Å². The Morgan fingerprint density at radius 3 is 3.00 bits per heavy atom. The van der Waals surface area contributed by atoms with E-state index in [9.17, 15) is 0 Å². The zero-order valence-corrected chi connectivity index (χ0v) is 10.9. The van der Waals surface area contributed by atoms with Crippen molar-refractivity contribution in [3.05, 3.63) is 35.2 Å². The molecule has 0 aliphatic rings. The summed E-state index contributed by atoms with van der Waals surface area (Å²) in [6.07, 6.45) is 7.24. The fraction of sp³-hybridized carbons (Fsp3) is 0.333. The molecule has 0 fully saturated rings. The predicted molar refractivity (Wildman–Crippen MR) is 76.2 cm³/mol. The van der Waals surface area contributed by atoms with Crippen LogP contribution in [0.3, 0.4) is 0 Å². The monoisotopic (exact) mass is 243 g/mol. The van der Waals surface area contributed by atoms with E-state index in [1.54, 1.807) is 11.3 Å². The summed E-state index contributed by atoms with van der Waals surface area (Å²) in [6, 6.07) is 8.96. The van der Waals surface area contributed by atoms with Gasteiger partial charge in [0.05, 0.1) is 0 Å². The van der Waals surface area contributed by atoms with E-state index in [2.05, 4.69) is 47.8 Å². The smallest absolute Gasteiger partial charge is 0.0346 e. The molecule has 1 unspecified atom stereocenters. The van der Waals surface area contributed by atoms with Crippen molar-refractivity contribution in [1.29, 1.82) is 0 Å². The van der Waals surface area contributed by atoms with E-state index >= 15 is 0 Å². The topological polar surface area (TPSA) is 12.0 Å². The predicted octanol–water partition coefficient (Wildman–Crippen LogP) is 3.79. The van der Waals surface area contributed by atoms with E-state index < -0.39 is 0 Å². The highest BCUT2D eigenvalue weighted by Crippen LogP contribution is 2.25. The standard InChI is InChI=1S/C15H17NS/c1-3-7-13(4-2)16-10-12-11-17-15-9-6-5-8-14(12)15/h1,5-6,8-9,11,13,16H,4,7,10H2,2H3. The molecule has 88 valence electrons. The number of fused-ring (bicyclic) bond motifs is 1. The SMILES string of the molecule is C#CCC(CC)NCc1csc2ccccc12. The summed E-state index contributed by atoms with van der Waals surface area (Å²) < 4.78 is 1.36. The van der Waals surface area contributed by atoms with Crippen LogP contribution >= 0.6 is 11.3 Å². The second-order valence-electron chi connectivity index (χ2n) is 4.15. The lowest BCUT2D eigenvalue weighted by Crippen LogP contribution is -2.27. The molecule has 0 saturated carbocycles. The van der Waals surface area contributed by atoms with Gasteiger partial charge in [-0.25, -0.2) is 0 Å². The molecular formula is C15H17NS. The van der Waals surface area contributed by atoms with Crippen LogP contribution in [0, 0.1) is 12.3 Å². The Labute approximate surface area is 107 Å². The first-order valence-electron chi connectivity index (χ1n) is 5.97. The molecule has 1 aromatic carbocycles. The van der Waals surface area contributed by atoms with Crippen molar-refractivity contribution >= 4 is 21.4 Å². The summed E-state index contributed by atoms with van der Waals surface area (Å²) in [7, 11) is 0. The maximum atomic E-state index is 5.36. The summed E-state index contributed by atoms with van der Waals surface area (Å²) in [5, 5.41) is 7.13. The van der Waals surface area contributed by atoms with Gasteiger partial charge in [-0.05, 0) is 28.8 Å². The van der Waals surface area contributed by atoms with Crippen LogP contribution in [-0.4, -0.2) is 6.04 Å². The zero-order valence-electron chi connectivity index (χ0n) is 10.1. The lowest BCUT2D eigenvalue weighted by atomic mass is 10.1. The van der Waals surface area contributed by atoms with Crippen LogP contribution in [0.25, 0.3) is 10.1 Å². The lowest BCUT2D eigenvalue weighted by molar-refractivity contribution is 0.508. The number of nitrogens with one attached hydrogen (secondary N) is 1. The van der Waals surface area contributed by atoms with Gasteiger partial charge in [-0.2, -0.15) is 0 Å². The lowest BCUT2D eigenvalue weighted by Gasteiger charge is -2.13. The first kappa shape index (κ1) is 12.2. The number of hydrogen-bond donors (Lipinski definition) is 1. The van der Waals surface area contributed by atoms with Crippen LogP contribution in [0.5, 0.6) is 0 Å². The number of rotatable bonds is 5.